The van der Waals surface area contributed by atoms with Gasteiger partial charge in [0.05, 0.1) is 29.5 Å². The smallest absolute Gasteiger partial charge is 0.338 e. The topological polar surface area (TPSA) is 55.0 Å². The average molecular weight is 246 g/mol. The number of hydrogen-bond donors (Lipinski definition) is 1. The van der Waals surface area contributed by atoms with Crippen molar-refractivity contribution in [3.63, 3.8) is 0 Å². The van der Waals surface area contributed by atoms with Gasteiger partial charge in [0.25, 0.3) is 0 Å². The lowest BCUT2D eigenvalue weighted by Gasteiger charge is -2.04. The van der Waals surface area contributed by atoms with Gasteiger partial charge in [-0.1, -0.05) is 26.2 Å². The molecule has 1 aromatic heterocycles. The molecule has 1 heterocycles. The van der Waals surface area contributed by atoms with Gasteiger partial charge in [-0.2, -0.15) is 0 Å². The van der Waals surface area contributed by atoms with Gasteiger partial charge in [-0.25, -0.2) is 9.78 Å². The summed E-state index contributed by atoms with van der Waals surface area (Å²) in [6.45, 7) is 2.66. The van der Waals surface area contributed by atoms with Crippen LogP contribution in [0.15, 0.2) is 24.5 Å². The summed E-state index contributed by atoms with van der Waals surface area (Å²) in [6.07, 6.45) is 6.04. The van der Waals surface area contributed by atoms with E-state index in [9.17, 15) is 4.79 Å². The second kappa shape index (κ2) is 6.19. The van der Waals surface area contributed by atoms with E-state index in [1.54, 1.807) is 18.5 Å². The maximum Gasteiger partial charge on any atom is 0.338 e. The van der Waals surface area contributed by atoms with Crippen LogP contribution < -0.4 is 0 Å². The molecule has 4 heteroatoms. The number of imidazole rings is 1. The molecule has 0 aliphatic carbocycles. The Kier molecular flexibility index (Phi) is 4.34. The van der Waals surface area contributed by atoms with Gasteiger partial charge in [0, 0.05) is 0 Å². The fraction of sp³-hybridized carbons (Fsp3) is 0.429. The maximum absolute atomic E-state index is 11.8. The molecule has 2 rings (SSSR count). The maximum atomic E-state index is 11.8. The number of carbonyl (C=O) groups excluding carboxylic acids is 1. The number of carbonyl (C=O) groups is 1. The molecule has 1 aromatic carbocycles. The minimum absolute atomic E-state index is 0.261. The molecule has 0 saturated heterocycles. The lowest BCUT2D eigenvalue weighted by molar-refractivity contribution is 0.0498. The molecule has 0 fully saturated rings. The van der Waals surface area contributed by atoms with E-state index >= 15 is 0 Å². The van der Waals surface area contributed by atoms with Crippen LogP contribution in [0.3, 0.4) is 0 Å². The van der Waals surface area contributed by atoms with Gasteiger partial charge in [-0.3, -0.25) is 0 Å². The highest BCUT2D eigenvalue weighted by Crippen LogP contribution is 2.12. The normalized spacial score (nSPS) is 10.7. The van der Waals surface area contributed by atoms with Crippen molar-refractivity contribution < 1.29 is 9.53 Å². The third kappa shape index (κ3) is 3.09. The Morgan fingerprint density at radius 2 is 2.22 bits per heavy atom. The Hall–Kier alpha value is -1.84. The average Bonchev–Trinajstić information content (AvgIpc) is 2.85. The second-order valence-electron chi connectivity index (χ2n) is 4.33. The Labute approximate surface area is 106 Å². The summed E-state index contributed by atoms with van der Waals surface area (Å²) in [7, 11) is 0. The predicted octanol–water partition coefficient (Wildman–Crippen LogP) is 3.30. The number of unbranched alkanes of at least 4 members (excludes halogenated alkanes) is 3. The predicted molar refractivity (Wildman–Crippen MR) is 70.5 cm³/mol. The summed E-state index contributed by atoms with van der Waals surface area (Å²) in [5.41, 5.74) is 2.28. The van der Waals surface area contributed by atoms with Crippen LogP contribution in [-0.4, -0.2) is 22.5 Å². The van der Waals surface area contributed by atoms with E-state index in [1.807, 2.05) is 6.07 Å². The minimum atomic E-state index is -0.261. The van der Waals surface area contributed by atoms with E-state index in [0.717, 1.165) is 23.9 Å². The minimum Gasteiger partial charge on any atom is -0.462 e. The van der Waals surface area contributed by atoms with Crippen molar-refractivity contribution in [2.45, 2.75) is 32.6 Å². The highest BCUT2D eigenvalue weighted by atomic mass is 16.5. The highest BCUT2D eigenvalue weighted by Gasteiger charge is 2.08. The third-order valence-corrected chi connectivity index (χ3v) is 2.89. The molecule has 4 nitrogen and oxygen atoms in total. The number of benzene rings is 1. The number of esters is 1. The van der Waals surface area contributed by atoms with Crippen LogP contribution >= 0.6 is 0 Å². The number of nitrogens with zero attached hydrogens (tertiary/aromatic N) is 1. The molecule has 0 atom stereocenters. The van der Waals surface area contributed by atoms with E-state index in [1.165, 1.54) is 12.8 Å². The first kappa shape index (κ1) is 12.6. The molecule has 0 saturated carbocycles. The summed E-state index contributed by atoms with van der Waals surface area (Å²) in [6, 6.07) is 5.34. The zero-order valence-corrected chi connectivity index (χ0v) is 10.6. The number of H-pyrrole nitrogens is 1. The van der Waals surface area contributed by atoms with Gasteiger partial charge >= 0.3 is 5.97 Å². The lowest BCUT2D eigenvalue weighted by atomic mass is 10.2. The van der Waals surface area contributed by atoms with Gasteiger partial charge < -0.3 is 9.72 Å². The van der Waals surface area contributed by atoms with E-state index < -0.39 is 0 Å². The van der Waals surface area contributed by atoms with Gasteiger partial charge in [0.2, 0.25) is 0 Å². The third-order valence-electron chi connectivity index (χ3n) is 2.89. The largest absolute Gasteiger partial charge is 0.462 e. The summed E-state index contributed by atoms with van der Waals surface area (Å²) >= 11 is 0. The molecule has 1 N–H and O–H groups in total. The van der Waals surface area contributed by atoms with Crippen LogP contribution in [0.5, 0.6) is 0 Å². The summed E-state index contributed by atoms with van der Waals surface area (Å²) in [5, 5.41) is 0. The van der Waals surface area contributed by atoms with Crippen molar-refractivity contribution in [3.05, 3.63) is 30.1 Å². The number of aromatic nitrogens is 2. The van der Waals surface area contributed by atoms with Crippen LogP contribution in [0.2, 0.25) is 0 Å². The quantitative estimate of drug-likeness (QED) is 0.628. The fourth-order valence-corrected chi connectivity index (χ4v) is 1.84. The highest BCUT2D eigenvalue weighted by molar-refractivity contribution is 5.93. The van der Waals surface area contributed by atoms with E-state index in [2.05, 4.69) is 16.9 Å². The van der Waals surface area contributed by atoms with Gasteiger partial charge in [-0.15, -0.1) is 0 Å². The van der Waals surface area contributed by atoms with E-state index in [4.69, 9.17) is 4.74 Å². The van der Waals surface area contributed by atoms with E-state index in [-0.39, 0.29) is 5.97 Å². The molecule has 18 heavy (non-hydrogen) atoms. The molecule has 2 aromatic rings. The van der Waals surface area contributed by atoms with Gasteiger partial charge in [-0.05, 0) is 24.6 Å². The molecule has 0 unspecified atom stereocenters. The van der Waals surface area contributed by atoms with Crippen molar-refractivity contribution in [3.8, 4) is 0 Å². The van der Waals surface area contributed by atoms with Crippen molar-refractivity contribution >= 4 is 17.0 Å². The number of nitrogens with one attached hydrogen (secondary N) is 1. The van der Waals surface area contributed by atoms with Crippen LogP contribution in [0.25, 0.3) is 11.0 Å². The van der Waals surface area contributed by atoms with Crippen molar-refractivity contribution in [1.29, 1.82) is 0 Å². The Morgan fingerprint density at radius 1 is 1.33 bits per heavy atom. The molecule has 0 aliphatic heterocycles. The first-order chi connectivity index (χ1) is 8.81. The fourth-order valence-electron chi connectivity index (χ4n) is 1.84. The molecule has 0 radical (unpaired) electrons. The Morgan fingerprint density at radius 3 is 3.06 bits per heavy atom. The van der Waals surface area contributed by atoms with Crippen molar-refractivity contribution in [2.24, 2.45) is 0 Å². The molecular formula is C14H18N2O2. The zero-order valence-electron chi connectivity index (χ0n) is 10.6. The zero-order chi connectivity index (χ0) is 12.8. The summed E-state index contributed by atoms with van der Waals surface area (Å²) in [5.74, 6) is -0.261. The van der Waals surface area contributed by atoms with Gasteiger partial charge in [0.15, 0.2) is 0 Å². The Balaban J connectivity index is 1.88. The molecule has 0 spiro atoms. The monoisotopic (exact) mass is 246 g/mol. The van der Waals surface area contributed by atoms with Gasteiger partial charge in [0.1, 0.15) is 0 Å². The summed E-state index contributed by atoms with van der Waals surface area (Å²) in [4.78, 5) is 18.9. The number of hydrogen-bond acceptors (Lipinski definition) is 3. The lowest BCUT2D eigenvalue weighted by Crippen LogP contribution is -2.06. The molecule has 0 aliphatic rings. The number of ether oxygens (including phenoxy) is 1. The second-order valence-corrected chi connectivity index (χ2v) is 4.33. The summed E-state index contributed by atoms with van der Waals surface area (Å²) < 4.78 is 5.23. The molecular weight excluding hydrogens is 228 g/mol. The molecule has 0 amide bonds. The van der Waals surface area contributed by atoms with Crippen molar-refractivity contribution in [1.82, 2.24) is 9.97 Å². The van der Waals surface area contributed by atoms with Crippen LogP contribution in [-0.2, 0) is 4.74 Å². The van der Waals surface area contributed by atoms with Crippen LogP contribution in [0, 0.1) is 0 Å². The van der Waals surface area contributed by atoms with Crippen LogP contribution in [0.1, 0.15) is 43.0 Å². The number of fused-ring (bicyclic) bond motifs is 1. The SMILES string of the molecule is CCCCCCOC(=O)c1ccc2nc[nH]c2c1. The first-order valence-electron chi connectivity index (χ1n) is 6.41. The Bertz CT molecular complexity index is 519. The number of aromatic amines is 1. The molecule has 96 valence electrons. The molecule has 0 bridgehead atoms. The standard InChI is InChI=1S/C14H18N2O2/c1-2-3-4-5-8-18-14(17)11-6-7-12-13(9-11)16-10-15-12/h6-7,9-10H,2-5,8H2,1H3,(H,15,16). The van der Waals surface area contributed by atoms with Crippen LogP contribution in [0.4, 0.5) is 0 Å². The number of rotatable bonds is 6. The van der Waals surface area contributed by atoms with E-state index in [0.29, 0.717) is 12.2 Å². The first-order valence-corrected chi connectivity index (χ1v) is 6.41. The van der Waals surface area contributed by atoms with Crippen molar-refractivity contribution in [2.75, 3.05) is 6.61 Å².